The van der Waals surface area contributed by atoms with Crippen molar-refractivity contribution in [2.75, 3.05) is 0 Å². The van der Waals surface area contributed by atoms with E-state index in [1.54, 1.807) is 19.1 Å². The number of aliphatic carboxylic acids is 1. The molecule has 0 aliphatic heterocycles. The molecule has 0 bridgehead atoms. The van der Waals surface area contributed by atoms with E-state index in [0.717, 1.165) is 6.39 Å². The summed E-state index contributed by atoms with van der Waals surface area (Å²) in [6.45, 7) is 1.60. The van der Waals surface area contributed by atoms with Crippen molar-refractivity contribution in [2.24, 2.45) is 0 Å². The molecule has 19 heavy (non-hydrogen) atoms. The quantitative estimate of drug-likeness (QED) is 0.848. The first-order chi connectivity index (χ1) is 9.08. The maximum Gasteiger partial charge on any atom is 0.305 e. The average molecular weight is 264 g/mol. The topological polar surface area (TPSA) is 106 Å². The van der Waals surface area contributed by atoms with E-state index >= 15 is 0 Å². The van der Waals surface area contributed by atoms with Crippen molar-refractivity contribution in [3.8, 4) is 11.5 Å². The fourth-order valence-corrected chi connectivity index (χ4v) is 1.60. The molecule has 0 aliphatic rings. The summed E-state index contributed by atoms with van der Waals surface area (Å²) in [4.78, 5) is 26.3. The third kappa shape index (κ3) is 3.01. The number of hydrogen-bond donors (Lipinski definition) is 2. The highest BCUT2D eigenvalue weighted by atomic mass is 16.4. The summed E-state index contributed by atoms with van der Waals surface area (Å²) in [6, 6.07) is 2.79. The monoisotopic (exact) mass is 264 g/mol. The number of carbonyl (C=O) groups is 2. The van der Waals surface area contributed by atoms with Crippen molar-refractivity contribution in [3.05, 3.63) is 30.5 Å². The van der Waals surface area contributed by atoms with Crippen LogP contribution in [0.5, 0.6) is 0 Å². The first-order valence-electron chi connectivity index (χ1n) is 5.58. The largest absolute Gasteiger partial charge is 0.481 e. The van der Waals surface area contributed by atoms with Crippen molar-refractivity contribution in [1.29, 1.82) is 0 Å². The Morgan fingerprint density at radius 1 is 1.47 bits per heavy atom. The molecule has 0 fully saturated rings. The van der Waals surface area contributed by atoms with E-state index in [0.29, 0.717) is 5.76 Å². The van der Waals surface area contributed by atoms with Crippen LogP contribution in [0, 0.1) is 0 Å². The van der Waals surface area contributed by atoms with Crippen LogP contribution in [-0.4, -0.2) is 28.0 Å². The number of carboxylic acids is 1. The molecular formula is C12H12N2O5. The first kappa shape index (κ1) is 12.9. The van der Waals surface area contributed by atoms with Crippen molar-refractivity contribution in [1.82, 2.24) is 10.3 Å². The lowest BCUT2D eigenvalue weighted by atomic mass is 10.2. The normalized spacial score (nSPS) is 12.1. The van der Waals surface area contributed by atoms with Gasteiger partial charge in [0.2, 0.25) is 5.76 Å². The number of amides is 1. The Morgan fingerprint density at radius 3 is 2.89 bits per heavy atom. The van der Waals surface area contributed by atoms with Gasteiger partial charge in [0.1, 0.15) is 0 Å². The predicted molar refractivity (Wildman–Crippen MR) is 63.4 cm³/mol. The molecule has 1 atom stereocenters. The minimum Gasteiger partial charge on any atom is -0.481 e. The predicted octanol–water partition coefficient (Wildman–Crippen LogP) is 1.53. The molecule has 2 aromatic rings. The zero-order valence-electron chi connectivity index (χ0n) is 10.1. The third-order valence-corrected chi connectivity index (χ3v) is 2.39. The summed E-state index contributed by atoms with van der Waals surface area (Å²) in [6.07, 6.45) is 2.42. The van der Waals surface area contributed by atoms with Gasteiger partial charge in [-0.05, 0) is 19.1 Å². The molecule has 7 nitrogen and oxygen atoms in total. The van der Waals surface area contributed by atoms with Crippen molar-refractivity contribution in [3.63, 3.8) is 0 Å². The van der Waals surface area contributed by atoms with E-state index in [1.165, 1.54) is 6.26 Å². The second-order valence-electron chi connectivity index (χ2n) is 3.98. The van der Waals surface area contributed by atoms with E-state index in [4.69, 9.17) is 13.9 Å². The summed E-state index contributed by atoms with van der Waals surface area (Å²) in [7, 11) is 0. The van der Waals surface area contributed by atoms with Gasteiger partial charge in [-0.3, -0.25) is 9.59 Å². The highest BCUT2D eigenvalue weighted by Gasteiger charge is 2.21. The molecule has 2 heterocycles. The highest BCUT2D eigenvalue weighted by molar-refractivity contribution is 5.97. The highest BCUT2D eigenvalue weighted by Crippen LogP contribution is 2.23. The Hall–Kier alpha value is -2.57. The van der Waals surface area contributed by atoms with E-state index in [9.17, 15) is 9.59 Å². The Labute approximate surface area is 108 Å². The SMILES string of the molecule is C[C@H](CC(=O)O)NC(=O)c1ncoc1-c1ccco1. The fraction of sp³-hybridized carbons (Fsp3) is 0.250. The summed E-state index contributed by atoms with van der Waals surface area (Å²) >= 11 is 0. The molecule has 0 aromatic carbocycles. The molecule has 2 aromatic heterocycles. The van der Waals surface area contributed by atoms with Gasteiger partial charge >= 0.3 is 5.97 Å². The van der Waals surface area contributed by atoms with Gasteiger partial charge in [0, 0.05) is 6.04 Å². The number of nitrogens with zero attached hydrogens (tertiary/aromatic N) is 1. The van der Waals surface area contributed by atoms with E-state index in [-0.39, 0.29) is 17.9 Å². The van der Waals surface area contributed by atoms with Crippen LogP contribution in [0.3, 0.4) is 0 Å². The number of carbonyl (C=O) groups excluding carboxylic acids is 1. The summed E-state index contributed by atoms with van der Waals surface area (Å²) in [5.74, 6) is -0.897. The zero-order valence-corrected chi connectivity index (χ0v) is 10.1. The van der Waals surface area contributed by atoms with E-state index in [2.05, 4.69) is 10.3 Å². The van der Waals surface area contributed by atoms with Crippen molar-refractivity contribution in [2.45, 2.75) is 19.4 Å². The maximum atomic E-state index is 11.9. The summed E-state index contributed by atoms with van der Waals surface area (Å²) < 4.78 is 10.2. The van der Waals surface area contributed by atoms with Crippen LogP contribution in [0.25, 0.3) is 11.5 Å². The Morgan fingerprint density at radius 2 is 2.26 bits per heavy atom. The molecule has 2 N–H and O–H groups in total. The molecule has 0 radical (unpaired) electrons. The van der Waals surface area contributed by atoms with Crippen LogP contribution in [0.4, 0.5) is 0 Å². The number of hydrogen-bond acceptors (Lipinski definition) is 5. The number of carboxylic acid groups (broad SMARTS) is 1. The average Bonchev–Trinajstić information content (AvgIpc) is 2.98. The first-order valence-corrected chi connectivity index (χ1v) is 5.58. The number of furan rings is 1. The molecule has 100 valence electrons. The lowest BCUT2D eigenvalue weighted by molar-refractivity contribution is -0.137. The molecule has 0 saturated heterocycles. The lowest BCUT2D eigenvalue weighted by Crippen LogP contribution is -2.34. The molecule has 1 amide bonds. The number of aromatic nitrogens is 1. The van der Waals surface area contributed by atoms with Crippen molar-refractivity contribution < 1.29 is 23.5 Å². The summed E-state index contributed by atoms with van der Waals surface area (Å²) in [5, 5.41) is 11.2. The van der Waals surface area contributed by atoms with Gasteiger partial charge in [-0.15, -0.1) is 0 Å². The molecular weight excluding hydrogens is 252 g/mol. The lowest BCUT2D eigenvalue weighted by Gasteiger charge is -2.10. The van der Waals surface area contributed by atoms with Crippen molar-refractivity contribution >= 4 is 11.9 Å². The standard InChI is InChI=1S/C12H12N2O5/c1-7(5-9(15)16)14-12(17)10-11(19-6-13-10)8-3-2-4-18-8/h2-4,6-7H,5H2,1H3,(H,14,17)(H,15,16)/t7-/m1/s1. The second-order valence-corrected chi connectivity index (χ2v) is 3.98. The molecule has 2 rings (SSSR count). The van der Waals surface area contributed by atoms with Crippen LogP contribution in [-0.2, 0) is 4.79 Å². The van der Waals surface area contributed by atoms with Crippen LogP contribution in [0.1, 0.15) is 23.8 Å². The Bertz CT molecular complexity index is 573. The molecule has 0 spiro atoms. The van der Waals surface area contributed by atoms with Gasteiger partial charge in [0.05, 0.1) is 12.7 Å². The number of oxazole rings is 1. The van der Waals surface area contributed by atoms with Crippen LogP contribution >= 0.6 is 0 Å². The van der Waals surface area contributed by atoms with Gasteiger partial charge in [0.15, 0.2) is 17.8 Å². The smallest absolute Gasteiger partial charge is 0.305 e. The van der Waals surface area contributed by atoms with E-state index in [1.807, 2.05) is 0 Å². The minimum absolute atomic E-state index is 0.0622. The molecule has 0 unspecified atom stereocenters. The van der Waals surface area contributed by atoms with Crippen LogP contribution in [0.15, 0.2) is 33.6 Å². The minimum atomic E-state index is -0.987. The van der Waals surface area contributed by atoms with Gasteiger partial charge < -0.3 is 19.3 Å². The third-order valence-electron chi connectivity index (χ3n) is 2.39. The van der Waals surface area contributed by atoms with Crippen LogP contribution < -0.4 is 5.32 Å². The zero-order chi connectivity index (χ0) is 13.8. The maximum absolute atomic E-state index is 11.9. The number of nitrogens with one attached hydrogen (secondary N) is 1. The molecule has 7 heteroatoms. The van der Waals surface area contributed by atoms with Gasteiger partial charge in [-0.25, -0.2) is 4.98 Å². The second kappa shape index (κ2) is 5.38. The van der Waals surface area contributed by atoms with Gasteiger partial charge in [-0.2, -0.15) is 0 Å². The Kier molecular flexibility index (Phi) is 3.65. The fourth-order valence-electron chi connectivity index (χ4n) is 1.60. The van der Waals surface area contributed by atoms with Crippen LogP contribution in [0.2, 0.25) is 0 Å². The molecule has 0 saturated carbocycles. The summed E-state index contributed by atoms with van der Waals surface area (Å²) in [5.41, 5.74) is 0.0622. The van der Waals surface area contributed by atoms with Gasteiger partial charge in [0.25, 0.3) is 5.91 Å². The van der Waals surface area contributed by atoms with Gasteiger partial charge in [-0.1, -0.05) is 0 Å². The number of rotatable bonds is 5. The Balaban J connectivity index is 2.12. The molecule has 0 aliphatic carbocycles. The van der Waals surface area contributed by atoms with E-state index < -0.39 is 17.9 Å².